The molecule has 7 heteroatoms. The van der Waals surface area contributed by atoms with Crippen LogP contribution in [0, 0.1) is 23.6 Å². The van der Waals surface area contributed by atoms with Gasteiger partial charge in [0.25, 0.3) is 0 Å². The molecule has 0 bridgehead atoms. The molecule has 0 spiro atoms. The van der Waals surface area contributed by atoms with Crippen molar-refractivity contribution in [3.63, 3.8) is 0 Å². The number of rotatable bonds is 6. The van der Waals surface area contributed by atoms with Crippen molar-refractivity contribution in [3.05, 3.63) is 57.9 Å². The first kappa shape index (κ1) is 26.3. The SMILES string of the molecule is CC(C)COC(=O)c1ccc2c(c1)N(C[C@@H]1CC[C@H]1CO)Cc1ccc(Cl)c(F)c1CCCCS2. The predicted molar refractivity (Wildman–Crippen MR) is 141 cm³/mol. The van der Waals surface area contributed by atoms with E-state index in [0.717, 1.165) is 54.1 Å². The zero-order valence-corrected chi connectivity index (χ0v) is 22.1. The molecule has 0 unspecified atom stereocenters. The van der Waals surface area contributed by atoms with Gasteiger partial charge in [-0.25, -0.2) is 9.18 Å². The maximum atomic E-state index is 15.1. The number of hydrogen-bond acceptors (Lipinski definition) is 5. The Morgan fingerprint density at radius 1 is 1.23 bits per heavy atom. The minimum Gasteiger partial charge on any atom is -0.462 e. The summed E-state index contributed by atoms with van der Waals surface area (Å²) in [5.74, 6) is 1.18. The number of halogens is 2. The first-order chi connectivity index (χ1) is 16.9. The van der Waals surface area contributed by atoms with E-state index in [9.17, 15) is 9.90 Å². The van der Waals surface area contributed by atoms with E-state index < -0.39 is 0 Å². The minimum absolute atomic E-state index is 0.162. The van der Waals surface area contributed by atoms with Crippen LogP contribution < -0.4 is 4.90 Å². The molecule has 1 saturated carbocycles. The number of thioether (sulfide) groups is 1. The normalized spacial score (nSPS) is 20.5. The van der Waals surface area contributed by atoms with Crippen molar-refractivity contribution in [1.82, 2.24) is 0 Å². The Morgan fingerprint density at radius 2 is 2.03 bits per heavy atom. The van der Waals surface area contributed by atoms with Gasteiger partial charge in [0.1, 0.15) is 5.82 Å². The number of aliphatic hydroxyl groups is 1. The van der Waals surface area contributed by atoms with Crippen molar-refractivity contribution in [2.24, 2.45) is 17.8 Å². The van der Waals surface area contributed by atoms with Crippen LogP contribution in [0.3, 0.4) is 0 Å². The fraction of sp³-hybridized carbons (Fsp3) is 0.536. The average molecular weight is 520 g/mol. The minimum atomic E-state index is -0.323. The molecule has 1 fully saturated rings. The lowest BCUT2D eigenvalue weighted by molar-refractivity contribution is 0.0459. The van der Waals surface area contributed by atoms with E-state index in [1.807, 2.05) is 38.1 Å². The molecular formula is C28H35ClFNO3S. The Labute approximate surface area is 217 Å². The fourth-order valence-corrected chi connectivity index (χ4v) is 6.08. The van der Waals surface area contributed by atoms with Gasteiger partial charge in [0.15, 0.2) is 0 Å². The number of anilines is 1. The lowest BCUT2D eigenvalue weighted by Gasteiger charge is -2.40. The molecule has 1 aliphatic heterocycles. The van der Waals surface area contributed by atoms with Gasteiger partial charge in [0.05, 0.1) is 22.9 Å². The van der Waals surface area contributed by atoms with Crippen LogP contribution in [0.1, 0.15) is 61.0 Å². The van der Waals surface area contributed by atoms with E-state index >= 15 is 4.39 Å². The summed E-state index contributed by atoms with van der Waals surface area (Å²) in [5.41, 5.74) is 3.12. The Hall–Kier alpha value is -1.76. The Morgan fingerprint density at radius 3 is 2.74 bits per heavy atom. The van der Waals surface area contributed by atoms with Crippen molar-refractivity contribution >= 4 is 35.0 Å². The second-order valence-electron chi connectivity index (χ2n) is 10.1. The van der Waals surface area contributed by atoms with Crippen molar-refractivity contribution < 1.29 is 19.0 Å². The maximum absolute atomic E-state index is 15.1. The van der Waals surface area contributed by atoms with Gasteiger partial charge in [-0.2, -0.15) is 0 Å². The number of ether oxygens (including phenoxy) is 1. The second kappa shape index (κ2) is 12.0. The van der Waals surface area contributed by atoms with E-state index in [1.54, 1.807) is 17.8 Å². The summed E-state index contributed by atoms with van der Waals surface area (Å²) < 4.78 is 20.6. The van der Waals surface area contributed by atoms with Gasteiger partial charge < -0.3 is 14.7 Å². The van der Waals surface area contributed by atoms with Crippen LogP contribution in [-0.2, 0) is 17.7 Å². The molecule has 4 nitrogen and oxygen atoms in total. The zero-order chi connectivity index (χ0) is 24.9. The van der Waals surface area contributed by atoms with Gasteiger partial charge in [-0.05, 0) is 91.0 Å². The molecule has 2 aromatic carbocycles. The molecule has 2 aliphatic rings. The summed E-state index contributed by atoms with van der Waals surface area (Å²) in [5, 5.41) is 9.96. The summed E-state index contributed by atoms with van der Waals surface area (Å²) in [6.07, 6.45) is 4.59. The van der Waals surface area contributed by atoms with Crippen molar-refractivity contribution in [2.75, 3.05) is 30.4 Å². The molecule has 1 N–H and O–H groups in total. The first-order valence-electron chi connectivity index (χ1n) is 12.6. The van der Waals surface area contributed by atoms with Crippen LogP contribution in [0.25, 0.3) is 0 Å². The van der Waals surface area contributed by atoms with E-state index in [-0.39, 0.29) is 35.3 Å². The Kier molecular flexibility index (Phi) is 9.01. The van der Waals surface area contributed by atoms with Crippen LogP contribution >= 0.6 is 23.4 Å². The number of nitrogens with zero attached hydrogens (tertiary/aromatic N) is 1. The van der Waals surface area contributed by atoms with Gasteiger partial charge >= 0.3 is 5.97 Å². The van der Waals surface area contributed by atoms with Gasteiger partial charge in [0.2, 0.25) is 0 Å². The second-order valence-corrected chi connectivity index (χ2v) is 11.7. The smallest absolute Gasteiger partial charge is 0.338 e. The summed E-state index contributed by atoms with van der Waals surface area (Å²) in [4.78, 5) is 16.2. The van der Waals surface area contributed by atoms with Crippen LogP contribution in [0.5, 0.6) is 0 Å². The molecular weight excluding hydrogens is 485 g/mol. The van der Waals surface area contributed by atoms with Gasteiger partial charge in [-0.1, -0.05) is 31.5 Å². The van der Waals surface area contributed by atoms with E-state index in [0.29, 0.717) is 36.6 Å². The standard InChI is InChI=1S/C28H35ClFNO3S/c1-18(2)17-34-28(33)19-9-11-26-25(13-19)31(14-20-6-7-22(20)16-32)15-21-8-10-24(29)27(30)23(21)5-3-4-12-35-26/h8-11,13,18,20,22,32H,3-7,12,14-17H2,1-2H3/t20-,22-/m0/s1. The molecule has 1 heterocycles. The summed E-state index contributed by atoms with van der Waals surface area (Å²) in [7, 11) is 0. The van der Waals surface area contributed by atoms with E-state index in [1.165, 1.54) is 0 Å². The lowest BCUT2D eigenvalue weighted by atomic mass is 9.74. The fourth-order valence-electron chi connectivity index (χ4n) is 4.83. The lowest BCUT2D eigenvalue weighted by Crippen LogP contribution is -2.40. The van der Waals surface area contributed by atoms with Gasteiger partial charge in [-0.15, -0.1) is 11.8 Å². The highest BCUT2D eigenvalue weighted by molar-refractivity contribution is 7.99. The monoisotopic (exact) mass is 519 g/mol. The topological polar surface area (TPSA) is 49.8 Å². The molecule has 0 amide bonds. The number of hydrogen-bond donors (Lipinski definition) is 1. The third-order valence-electron chi connectivity index (χ3n) is 7.08. The summed E-state index contributed by atoms with van der Waals surface area (Å²) in [6, 6.07) is 9.37. The summed E-state index contributed by atoms with van der Waals surface area (Å²) in [6.45, 7) is 5.86. The number of esters is 1. The molecule has 4 rings (SSSR count). The van der Waals surface area contributed by atoms with Crippen LogP contribution in [0.15, 0.2) is 35.2 Å². The number of carbonyl (C=O) groups excluding carboxylic acids is 1. The largest absolute Gasteiger partial charge is 0.462 e. The van der Waals surface area contributed by atoms with Gasteiger partial charge in [-0.3, -0.25) is 0 Å². The molecule has 0 saturated heterocycles. The summed E-state index contributed by atoms with van der Waals surface area (Å²) >= 11 is 7.93. The third kappa shape index (κ3) is 6.33. The Bertz CT molecular complexity index is 1050. The first-order valence-corrected chi connectivity index (χ1v) is 14.0. The van der Waals surface area contributed by atoms with Gasteiger partial charge in [0, 0.05) is 24.6 Å². The van der Waals surface area contributed by atoms with Crippen molar-refractivity contribution in [1.29, 1.82) is 0 Å². The van der Waals surface area contributed by atoms with Crippen LogP contribution in [-0.4, -0.2) is 36.6 Å². The quantitative estimate of drug-likeness (QED) is 0.428. The third-order valence-corrected chi connectivity index (χ3v) is 8.52. The number of carbonyl (C=O) groups is 1. The van der Waals surface area contributed by atoms with E-state index in [4.69, 9.17) is 16.3 Å². The van der Waals surface area contributed by atoms with Crippen LogP contribution in [0.2, 0.25) is 5.02 Å². The molecule has 2 aromatic rings. The Balaban J connectivity index is 1.74. The number of fused-ring (bicyclic) bond motifs is 2. The highest BCUT2D eigenvalue weighted by Crippen LogP contribution is 2.40. The molecule has 1 aliphatic carbocycles. The molecule has 0 radical (unpaired) electrons. The van der Waals surface area contributed by atoms with Crippen molar-refractivity contribution in [3.8, 4) is 0 Å². The predicted octanol–water partition coefficient (Wildman–Crippen LogP) is 6.75. The number of aliphatic hydroxyl groups excluding tert-OH is 1. The molecule has 2 atom stereocenters. The van der Waals surface area contributed by atoms with Crippen molar-refractivity contribution in [2.45, 2.75) is 57.4 Å². The number of benzene rings is 2. The van der Waals surface area contributed by atoms with E-state index in [2.05, 4.69) is 4.90 Å². The molecule has 0 aromatic heterocycles. The average Bonchev–Trinajstić information content (AvgIpc) is 2.86. The highest BCUT2D eigenvalue weighted by atomic mass is 35.5. The highest BCUT2D eigenvalue weighted by Gasteiger charge is 2.33. The van der Waals surface area contributed by atoms with Crippen LogP contribution in [0.4, 0.5) is 10.1 Å². The molecule has 35 heavy (non-hydrogen) atoms. The maximum Gasteiger partial charge on any atom is 0.338 e. The molecule has 190 valence electrons. The zero-order valence-electron chi connectivity index (χ0n) is 20.6.